The normalized spacial score (nSPS) is 10.7. The van der Waals surface area contributed by atoms with Crippen LogP contribution in [0.2, 0.25) is 0 Å². The molecular formula is C22H21N5OS. The number of hydrogen-bond donors (Lipinski definition) is 3. The first-order valence-corrected chi connectivity index (χ1v) is 10.2. The van der Waals surface area contributed by atoms with Crippen molar-refractivity contribution in [2.45, 2.75) is 13.8 Å². The highest BCUT2D eigenvalue weighted by Gasteiger charge is 2.10. The lowest BCUT2D eigenvalue weighted by Gasteiger charge is -2.10. The van der Waals surface area contributed by atoms with E-state index in [9.17, 15) is 4.79 Å². The molecule has 1 amide bonds. The van der Waals surface area contributed by atoms with Gasteiger partial charge in [0.1, 0.15) is 17.5 Å². The van der Waals surface area contributed by atoms with Crippen LogP contribution in [0.3, 0.4) is 0 Å². The molecule has 0 unspecified atom stereocenters. The Balaban J connectivity index is 1.44. The van der Waals surface area contributed by atoms with Crippen molar-refractivity contribution >= 4 is 50.3 Å². The minimum atomic E-state index is -0.103. The third-order valence-electron chi connectivity index (χ3n) is 4.26. The van der Waals surface area contributed by atoms with Crippen molar-refractivity contribution in [3.63, 3.8) is 0 Å². The molecule has 2 aromatic heterocycles. The molecule has 2 heterocycles. The lowest BCUT2D eigenvalue weighted by Crippen LogP contribution is -2.10. The van der Waals surface area contributed by atoms with Gasteiger partial charge in [-0.3, -0.25) is 4.79 Å². The highest BCUT2D eigenvalue weighted by molar-refractivity contribution is 7.20. The van der Waals surface area contributed by atoms with Crippen LogP contribution in [0.1, 0.15) is 22.4 Å². The van der Waals surface area contributed by atoms with E-state index in [2.05, 4.69) is 25.9 Å². The Kier molecular flexibility index (Phi) is 5.39. The molecule has 2 aromatic carbocycles. The van der Waals surface area contributed by atoms with Crippen molar-refractivity contribution in [3.8, 4) is 0 Å². The van der Waals surface area contributed by atoms with Gasteiger partial charge in [-0.05, 0) is 55.6 Å². The molecule has 4 rings (SSSR count). The quantitative estimate of drug-likeness (QED) is 0.400. The third kappa shape index (κ3) is 4.52. The van der Waals surface area contributed by atoms with Gasteiger partial charge < -0.3 is 16.0 Å². The number of amides is 1. The van der Waals surface area contributed by atoms with Crippen LogP contribution in [0.25, 0.3) is 10.1 Å². The number of carbonyl (C=O) groups excluding carboxylic acids is 1. The van der Waals surface area contributed by atoms with Crippen LogP contribution in [-0.4, -0.2) is 22.4 Å². The van der Waals surface area contributed by atoms with Gasteiger partial charge >= 0.3 is 0 Å². The molecule has 0 atom stereocenters. The van der Waals surface area contributed by atoms with Gasteiger partial charge in [0.2, 0.25) is 0 Å². The van der Waals surface area contributed by atoms with Gasteiger partial charge in [-0.2, -0.15) is 0 Å². The molecular weight excluding hydrogens is 382 g/mol. The maximum Gasteiger partial charge on any atom is 0.265 e. The number of thiophene rings is 1. The van der Waals surface area contributed by atoms with Crippen molar-refractivity contribution < 1.29 is 4.79 Å². The second-order valence-electron chi connectivity index (χ2n) is 6.52. The first-order valence-electron chi connectivity index (χ1n) is 9.37. The average Bonchev–Trinajstić information content (AvgIpc) is 3.14. The maximum atomic E-state index is 12.6. The number of aryl methyl sites for hydroxylation is 1. The number of benzene rings is 2. The molecule has 0 aliphatic rings. The van der Waals surface area contributed by atoms with Crippen molar-refractivity contribution in [2.24, 2.45) is 0 Å². The predicted octanol–water partition coefficient (Wildman–Crippen LogP) is 5.43. The Morgan fingerprint density at radius 3 is 2.45 bits per heavy atom. The van der Waals surface area contributed by atoms with Crippen LogP contribution >= 0.6 is 11.3 Å². The van der Waals surface area contributed by atoms with Gasteiger partial charge in [0.15, 0.2) is 0 Å². The first-order chi connectivity index (χ1) is 14.1. The van der Waals surface area contributed by atoms with Crippen LogP contribution in [0.5, 0.6) is 0 Å². The van der Waals surface area contributed by atoms with E-state index in [4.69, 9.17) is 0 Å². The Morgan fingerprint density at radius 1 is 0.966 bits per heavy atom. The highest BCUT2D eigenvalue weighted by Crippen LogP contribution is 2.26. The Morgan fingerprint density at radius 2 is 1.69 bits per heavy atom. The molecule has 29 heavy (non-hydrogen) atoms. The fraction of sp³-hybridized carbons (Fsp3) is 0.136. The SMILES string of the molecule is CCNc1cc(Nc2ccc(NC(=O)c3cc4ccccc4s3)cc2)nc(C)n1. The Bertz CT molecular complexity index is 1120. The number of nitrogens with one attached hydrogen (secondary N) is 3. The Hall–Kier alpha value is -3.45. The fourth-order valence-corrected chi connectivity index (χ4v) is 3.93. The minimum Gasteiger partial charge on any atom is -0.370 e. The van der Waals surface area contributed by atoms with Crippen LogP contribution in [0, 0.1) is 6.92 Å². The van der Waals surface area contributed by atoms with Gasteiger partial charge in [-0.15, -0.1) is 11.3 Å². The van der Waals surface area contributed by atoms with Crippen molar-refractivity contribution in [3.05, 3.63) is 71.4 Å². The van der Waals surface area contributed by atoms with E-state index in [1.54, 1.807) is 0 Å². The molecule has 0 radical (unpaired) electrons. The predicted molar refractivity (Wildman–Crippen MR) is 120 cm³/mol. The minimum absolute atomic E-state index is 0.103. The van der Waals surface area contributed by atoms with Gasteiger partial charge in [-0.1, -0.05) is 18.2 Å². The standard InChI is InChI=1S/C22H21N5OS/c1-3-23-20-13-21(25-14(2)24-20)26-16-8-10-17(11-9-16)27-22(28)19-12-15-6-4-5-7-18(15)29-19/h4-13H,3H2,1-2H3,(H,27,28)(H2,23,24,25,26). The maximum absolute atomic E-state index is 12.6. The summed E-state index contributed by atoms with van der Waals surface area (Å²) in [5, 5.41) is 10.5. The summed E-state index contributed by atoms with van der Waals surface area (Å²) in [4.78, 5) is 22.0. The lowest BCUT2D eigenvalue weighted by atomic mass is 10.2. The molecule has 0 saturated carbocycles. The van der Waals surface area contributed by atoms with Crippen molar-refractivity contribution in [1.82, 2.24) is 9.97 Å². The molecule has 0 aliphatic carbocycles. The second-order valence-corrected chi connectivity index (χ2v) is 7.60. The topological polar surface area (TPSA) is 78.9 Å². The summed E-state index contributed by atoms with van der Waals surface area (Å²) in [5.74, 6) is 2.09. The molecule has 4 aromatic rings. The molecule has 0 aliphatic heterocycles. The van der Waals surface area contributed by atoms with Gasteiger partial charge in [0.25, 0.3) is 5.91 Å². The van der Waals surface area contributed by atoms with Gasteiger partial charge in [-0.25, -0.2) is 9.97 Å². The van der Waals surface area contributed by atoms with Gasteiger partial charge in [0.05, 0.1) is 4.88 Å². The number of hydrogen-bond acceptors (Lipinski definition) is 6. The number of aromatic nitrogens is 2. The number of nitrogens with zero attached hydrogens (tertiary/aromatic N) is 2. The van der Waals surface area contributed by atoms with Crippen LogP contribution in [-0.2, 0) is 0 Å². The smallest absolute Gasteiger partial charge is 0.265 e. The van der Waals surface area contributed by atoms with E-state index >= 15 is 0 Å². The highest BCUT2D eigenvalue weighted by atomic mass is 32.1. The number of carbonyl (C=O) groups is 1. The summed E-state index contributed by atoms with van der Waals surface area (Å²) >= 11 is 1.49. The van der Waals surface area contributed by atoms with Crippen LogP contribution in [0.15, 0.2) is 60.7 Å². The fourth-order valence-electron chi connectivity index (χ4n) is 2.97. The molecule has 0 spiro atoms. The number of fused-ring (bicyclic) bond motifs is 1. The number of rotatable bonds is 6. The molecule has 0 bridgehead atoms. The molecule has 0 saturated heterocycles. The summed E-state index contributed by atoms with van der Waals surface area (Å²) in [6, 6.07) is 19.3. The van der Waals surface area contributed by atoms with Crippen LogP contribution in [0.4, 0.5) is 23.0 Å². The zero-order valence-electron chi connectivity index (χ0n) is 16.2. The molecule has 6 nitrogen and oxygen atoms in total. The third-order valence-corrected chi connectivity index (χ3v) is 5.38. The van der Waals surface area contributed by atoms with Gasteiger partial charge in [0, 0.05) is 28.7 Å². The van der Waals surface area contributed by atoms with Crippen molar-refractivity contribution in [2.75, 3.05) is 22.5 Å². The second kappa shape index (κ2) is 8.28. The van der Waals surface area contributed by atoms with Crippen LogP contribution < -0.4 is 16.0 Å². The summed E-state index contributed by atoms with van der Waals surface area (Å²) in [7, 11) is 0. The molecule has 3 N–H and O–H groups in total. The zero-order valence-corrected chi connectivity index (χ0v) is 17.0. The summed E-state index contributed by atoms with van der Waals surface area (Å²) in [6.45, 7) is 4.68. The monoisotopic (exact) mass is 403 g/mol. The summed E-state index contributed by atoms with van der Waals surface area (Å²) < 4.78 is 1.11. The van der Waals surface area contributed by atoms with Crippen molar-refractivity contribution in [1.29, 1.82) is 0 Å². The average molecular weight is 404 g/mol. The van der Waals surface area contributed by atoms with E-state index in [1.807, 2.05) is 74.5 Å². The van der Waals surface area contributed by atoms with E-state index in [0.29, 0.717) is 10.7 Å². The summed E-state index contributed by atoms with van der Waals surface area (Å²) in [6.07, 6.45) is 0. The zero-order chi connectivity index (χ0) is 20.2. The molecule has 146 valence electrons. The largest absolute Gasteiger partial charge is 0.370 e. The summed E-state index contributed by atoms with van der Waals surface area (Å²) in [5.41, 5.74) is 1.62. The first kappa shape index (κ1) is 18.9. The lowest BCUT2D eigenvalue weighted by molar-refractivity contribution is 0.103. The van der Waals surface area contributed by atoms with E-state index in [1.165, 1.54) is 11.3 Å². The molecule has 7 heteroatoms. The van der Waals surface area contributed by atoms with E-state index < -0.39 is 0 Å². The van der Waals surface area contributed by atoms with E-state index in [-0.39, 0.29) is 5.91 Å². The Labute approximate surface area is 173 Å². The number of anilines is 4. The molecule has 0 fully saturated rings. The van der Waals surface area contributed by atoms with E-state index in [0.717, 1.165) is 39.6 Å².